The highest BCUT2D eigenvalue weighted by Gasteiger charge is 2.37. The normalized spacial score (nSPS) is 10.8. The fourth-order valence-electron chi connectivity index (χ4n) is 4.61. The van der Waals surface area contributed by atoms with Gasteiger partial charge < -0.3 is 14.9 Å². The van der Waals surface area contributed by atoms with E-state index in [0.29, 0.717) is 6.61 Å². The van der Waals surface area contributed by atoms with Gasteiger partial charge in [-0.1, -0.05) is 97.1 Å². The van der Waals surface area contributed by atoms with Crippen LogP contribution in [0.3, 0.4) is 0 Å². The van der Waals surface area contributed by atoms with Crippen LogP contribution in [0, 0.1) is 6.92 Å². The lowest BCUT2D eigenvalue weighted by Crippen LogP contribution is -2.33. The van der Waals surface area contributed by atoms with E-state index in [1.54, 1.807) is 6.20 Å². The van der Waals surface area contributed by atoms with Crippen molar-refractivity contribution in [1.82, 2.24) is 10.2 Å². The van der Waals surface area contributed by atoms with Gasteiger partial charge in [0.1, 0.15) is 5.60 Å². The van der Waals surface area contributed by atoms with Crippen molar-refractivity contribution in [3.8, 4) is 0 Å². The summed E-state index contributed by atoms with van der Waals surface area (Å²) in [6.45, 7) is 2.05. The molecule has 4 aromatic carbocycles. The van der Waals surface area contributed by atoms with Crippen molar-refractivity contribution in [3.63, 3.8) is 0 Å². The number of benzene rings is 4. The largest absolute Gasteiger partial charge is 0.478 e. The fraction of sp³-hybridized carbons (Fsp3) is 0.121. The molecule has 5 aromatic rings. The molecule has 0 fully saturated rings. The molecule has 0 unspecified atom stereocenters. The molecule has 1 heterocycles. The molecule has 0 aliphatic heterocycles. The zero-order chi connectivity index (χ0) is 28.4. The van der Waals surface area contributed by atoms with E-state index in [0.717, 1.165) is 28.8 Å². The molecule has 5 rings (SSSR count). The minimum absolute atomic E-state index is 0.0277. The number of carboxylic acids is 2. The van der Waals surface area contributed by atoms with Crippen molar-refractivity contribution in [2.45, 2.75) is 18.9 Å². The molecular weight excluding hydrogens is 504 g/mol. The van der Waals surface area contributed by atoms with Crippen molar-refractivity contribution in [3.05, 3.63) is 161 Å². The highest BCUT2D eigenvalue weighted by molar-refractivity contribution is 5.96. The van der Waals surface area contributed by atoms with E-state index in [1.165, 1.54) is 25.1 Å². The maximum Gasteiger partial charge on any atom is 0.335 e. The first-order valence-corrected chi connectivity index (χ1v) is 12.8. The molecule has 0 aliphatic rings. The van der Waals surface area contributed by atoms with E-state index in [2.05, 4.69) is 83.0 Å². The third kappa shape index (κ3) is 6.34. The van der Waals surface area contributed by atoms with Crippen LogP contribution < -0.4 is 0 Å². The lowest BCUT2D eigenvalue weighted by Gasteiger charge is -2.36. The average molecular weight is 535 g/mol. The number of aromatic carboxylic acids is 2. The quantitative estimate of drug-likeness (QED) is 0.190. The van der Waals surface area contributed by atoms with Gasteiger partial charge in [0.15, 0.2) is 0 Å². The van der Waals surface area contributed by atoms with E-state index in [4.69, 9.17) is 14.9 Å². The van der Waals surface area contributed by atoms with E-state index in [1.807, 2.05) is 24.3 Å². The summed E-state index contributed by atoms with van der Waals surface area (Å²) in [4.78, 5) is 21.2. The molecule has 3 N–H and O–H groups in total. The number of H-pyrrole nitrogens is 1. The van der Waals surface area contributed by atoms with Gasteiger partial charge in [-0.15, -0.1) is 0 Å². The fourth-order valence-corrected chi connectivity index (χ4v) is 4.61. The summed E-state index contributed by atoms with van der Waals surface area (Å²) in [6, 6.07) is 37.5. The first kappa shape index (κ1) is 28.0. The van der Waals surface area contributed by atoms with Gasteiger partial charge in [0, 0.05) is 18.3 Å². The second-order valence-corrected chi connectivity index (χ2v) is 9.05. The van der Waals surface area contributed by atoms with Crippen molar-refractivity contribution in [1.29, 1.82) is 0 Å². The number of ether oxygens (including phenoxy) is 1. The minimum Gasteiger partial charge on any atom is -0.478 e. The number of nitrogens with one attached hydrogen (secondary N) is 1. The summed E-state index contributed by atoms with van der Waals surface area (Å²) in [5.41, 5.74) is 4.09. The third-order valence-electron chi connectivity index (χ3n) is 6.58. The monoisotopic (exact) mass is 534 g/mol. The number of hydrogen-bond acceptors (Lipinski definition) is 4. The first-order valence-electron chi connectivity index (χ1n) is 12.8. The maximum atomic E-state index is 10.6. The van der Waals surface area contributed by atoms with Gasteiger partial charge in [-0.3, -0.25) is 5.10 Å². The van der Waals surface area contributed by atoms with Crippen LogP contribution in [0.2, 0.25) is 0 Å². The number of hydrogen-bond donors (Lipinski definition) is 3. The van der Waals surface area contributed by atoms with Crippen molar-refractivity contribution >= 4 is 11.9 Å². The van der Waals surface area contributed by atoms with Gasteiger partial charge in [0.25, 0.3) is 0 Å². The van der Waals surface area contributed by atoms with Crippen LogP contribution in [0.15, 0.2) is 121 Å². The molecule has 0 saturated carbocycles. The highest BCUT2D eigenvalue weighted by atomic mass is 16.5. The topological polar surface area (TPSA) is 113 Å². The van der Waals surface area contributed by atoms with Crippen LogP contribution in [-0.2, 0) is 16.8 Å². The van der Waals surface area contributed by atoms with E-state index in [-0.39, 0.29) is 16.7 Å². The SMILES string of the molecule is Cc1c(C(=O)O)cccc1C(=O)O.c1ccc(C(OCCc2ccn[nH]2)(c2ccccc2)c2ccccc2)cc1. The van der Waals surface area contributed by atoms with Crippen LogP contribution in [0.5, 0.6) is 0 Å². The Balaban J connectivity index is 0.000000240. The Hall–Kier alpha value is -5.01. The summed E-state index contributed by atoms with van der Waals surface area (Å²) in [5, 5.41) is 24.4. The Morgan fingerprint density at radius 3 is 1.52 bits per heavy atom. The molecule has 0 saturated heterocycles. The van der Waals surface area contributed by atoms with Crippen LogP contribution >= 0.6 is 0 Å². The second-order valence-electron chi connectivity index (χ2n) is 9.05. The Labute approximate surface area is 232 Å². The summed E-state index contributed by atoms with van der Waals surface area (Å²) >= 11 is 0. The van der Waals surface area contributed by atoms with Gasteiger partial charge >= 0.3 is 11.9 Å². The summed E-state index contributed by atoms with van der Waals surface area (Å²) < 4.78 is 6.71. The predicted octanol–water partition coefficient (Wildman–Crippen LogP) is 6.35. The molecule has 0 aliphatic carbocycles. The van der Waals surface area contributed by atoms with Crippen molar-refractivity contribution in [2.24, 2.45) is 0 Å². The summed E-state index contributed by atoms with van der Waals surface area (Å²) in [5.74, 6) is -2.22. The smallest absolute Gasteiger partial charge is 0.335 e. The third-order valence-corrected chi connectivity index (χ3v) is 6.58. The lowest BCUT2D eigenvalue weighted by molar-refractivity contribution is 0.0144. The van der Waals surface area contributed by atoms with E-state index < -0.39 is 17.5 Å². The molecule has 0 atom stereocenters. The van der Waals surface area contributed by atoms with Gasteiger partial charge in [-0.05, 0) is 47.4 Å². The molecule has 0 spiro atoms. The summed E-state index contributed by atoms with van der Waals surface area (Å²) in [7, 11) is 0. The Bertz CT molecular complexity index is 1390. The van der Waals surface area contributed by atoms with Crippen molar-refractivity contribution < 1.29 is 24.5 Å². The van der Waals surface area contributed by atoms with Crippen LogP contribution in [0.1, 0.15) is 48.7 Å². The molecule has 7 nitrogen and oxygen atoms in total. The zero-order valence-electron chi connectivity index (χ0n) is 22.0. The van der Waals surface area contributed by atoms with Gasteiger partial charge in [0.05, 0.1) is 17.7 Å². The number of rotatable bonds is 9. The Kier molecular flexibility index (Phi) is 9.23. The zero-order valence-corrected chi connectivity index (χ0v) is 22.0. The molecule has 1 aromatic heterocycles. The number of nitrogens with zero attached hydrogens (tertiary/aromatic N) is 1. The van der Waals surface area contributed by atoms with Crippen LogP contribution in [-0.4, -0.2) is 39.0 Å². The van der Waals surface area contributed by atoms with E-state index >= 15 is 0 Å². The predicted molar refractivity (Wildman–Crippen MR) is 153 cm³/mol. The Morgan fingerprint density at radius 1 is 0.700 bits per heavy atom. The highest BCUT2D eigenvalue weighted by Crippen LogP contribution is 2.40. The number of carboxylic acid groups (broad SMARTS) is 2. The van der Waals surface area contributed by atoms with Crippen LogP contribution in [0.4, 0.5) is 0 Å². The Morgan fingerprint density at radius 2 is 1.15 bits per heavy atom. The minimum atomic E-state index is -1.11. The van der Waals surface area contributed by atoms with E-state index in [9.17, 15) is 9.59 Å². The molecule has 0 amide bonds. The second kappa shape index (κ2) is 13.2. The van der Waals surface area contributed by atoms with Gasteiger partial charge in [0.2, 0.25) is 0 Å². The molecule has 7 heteroatoms. The van der Waals surface area contributed by atoms with Crippen LogP contribution in [0.25, 0.3) is 0 Å². The number of carbonyl (C=O) groups is 2. The lowest BCUT2D eigenvalue weighted by atomic mass is 9.80. The molecule has 202 valence electrons. The molecule has 0 radical (unpaired) electrons. The number of aromatic amines is 1. The average Bonchev–Trinajstić information content (AvgIpc) is 3.51. The molecular formula is C33H30N2O5. The molecule has 0 bridgehead atoms. The standard InChI is InChI=1S/C24H22N2O.C9H8O4/c1-4-10-20(11-5-1)24(21-12-6-2-7-13-21,22-14-8-3-9-15-22)27-19-17-23-16-18-25-26-23;1-5-6(8(10)11)3-2-4-7(5)9(12)13/h1-16,18H,17,19H2,(H,25,26);2-4H,1H3,(H,10,11)(H,12,13). The van der Waals surface area contributed by atoms with Gasteiger partial charge in [-0.25, -0.2) is 9.59 Å². The molecule has 40 heavy (non-hydrogen) atoms. The number of aromatic nitrogens is 2. The van der Waals surface area contributed by atoms with Crippen molar-refractivity contribution in [2.75, 3.05) is 6.61 Å². The summed E-state index contributed by atoms with van der Waals surface area (Å²) in [6.07, 6.45) is 2.54. The first-order chi connectivity index (χ1) is 19.4. The maximum absolute atomic E-state index is 10.6. The van der Waals surface area contributed by atoms with Gasteiger partial charge in [-0.2, -0.15) is 5.10 Å².